The van der Waals surface area contributed by atoms with E-state index in [1.807, 2.05) is 60.7 Å². The summed E-state index contributed by atoms with van der Waals surface area (Å²) in [5.74, 6) is -0.784. The molecule has 268 valence electrons. The standard InChI is InChI=1S/C40H47N5O6/c1-49-35-21-11-8-18-30(35)42-39(47)33-24-34(40(48)43-32-20-10-13-23-37(32)51-27-29-16-6-3-7-17-29)45(44-33)25-38(46)41-31-19-9-12-22-36(31)50-26-28-14-4-2-5-15-28/h2-8,11,14-18,21,24,31-32,36-37H,9-10,12-13,19-20,22-23,25-27H2,1H3,(H,41,46)(H,42,47)(H,43,48)/t31-,32-,36-,37-/m0/s1. The number of para-hydroxylation sites is 2. The Morgan fingerprint density at radius 3 is 1.86 bits per heavy atom. The van der Waals surface area contributed by atoms with Crippen molar-refractivity contribution < 1.29 is 28.6 Å². The molecule has 0 radical (unpaired) electrons. The fraction of sp³-hybridized carbons (Fsp3) is 0.400. The van der Waals surface area contributed by atoms with Gasteiger partial charge in [-0.05, 0) is 48.9 Å². The normalized spacial score (nSPS) is 20.3. The van der Waals surface area contributed by atoms with Gasteiger partial charge in [-0.1, -0.05) is 98.5 Å². The average Bonchev–Trinajstić information content (AvgIpc) is 3.59. The van der Waals surface area contributed by atoms with Crippen LogP contribution in [0.5, 0.6) is 5.75 Å². The zero-order valence-corrected chi connectivity index (χ0v) is 29.1. The number of nitrogens with one attached hydrogen (secondary N) is 3. The molecule has 0 saturated heterocycles. The van der Waals surface area contributed by atoms with Crippen molar-refractivity contribution in [2.24, 2.45) is 0 Å². The van der Waals surface area contributed by atoms with Crippen LogP contribution in [0.2, 0.25) is 0 Å². The number of hydrogen-bond acceptors (Lipinski definition) is 7. The predicted molar refractivity (Wildman–Crippen MR) is 193 cm³/mol. The molecule has 51 heavy (non-hydrogen) atoms. The highest BCUT2D eigenvalue weighted by atomic mass is 16.5. The van der Waals surface area contributed by atoms with Gasteiger partial charge in [0.25, 0.3) is 11.8 Å². The van der Waals surface area contributed by atoms with Crippen molar-refractivity contribution in [1.82, 2.24) is 20.4 Å². The number of nitrogens with zero attached hydrogens (tertiary/aromatic N) is 2. The second-order valence-electron chi connectivity index (χ2n) is 13.2. The Morgan fingerprint density at radius 1 is 0.706 bits per heavy atom. The van der Waals surface area contributed by atoms with Crippen LogP contribution in [0.15, 0.2) is 91.0 Å². The summed E-state index contributed by atoms with van der Waals surface area (Å²) >= 11 is 0. The maximum absolute atomic E-state index is 14.0. The van der Waals surface area contributed by atoms with Gasteiger partial charge >= 0.3 is 0 Å². The van der Waals surface area contributed by atoms with Crippen molar-refractivity contribution in [2.45, 2.75) is 95.4 Å². The Morgan fingerprint density at radius 2 is 1.25 bits per heavy atom. The van der Waals surface area contributed by atoms with Gasteiger partial charge in [0.1, 0.15) is 18.0 Å². The fourth-order valence-corrected chi connectivity index (χ4v) is 6.87. The third-order valence-corrected chi connectivity index (χ3v) is 9.58. The fourth-order valence-electron chi connectivity index (χ4n) is 6.87. The summed E-state index contributed by atoms with van der Waals surface area (Å²) in [5, 5.41) is 13.6. The number of ether oxygens (including phenoxy) is 3. The van der Waals surface area contributed by atoms with Gasteiger partial charge < -0.3 is 30.2 Å². The molecule has 0 bridgehead atoms. The molecule has 2 aliphatic carbocycles. The molecule has 11 heteroatoms. The van der Waals surface area contributed by atoms with Gasteiger partial charge in [-0.3, -0.25) is 14.4 Å². The third kappa shape index (κ3) is 9.83. The molecule has 0 aliphatic heterocycles. The first-order valence-electron chi connectivity index (χ1n) is 17.9. The van der Waals surface area contributed by atoms with Gasteiger partial charge in [0.15, 0.2) is 5.69 Å². The van der Waals surface area contributed by atoms with E-state index < -0.39 is 11.8 Å². The van der Waals surface area contributed by atoms with Crippen molar-refractivity contribution >= 4 is 23.4 Å². The Bertz CT molecular complexity index is 1750. The molecule has 3 N–H and O–H groups in total. The van der Waals surface area contributed by atoms with Gasteiger partial charge in [-0.15, -0.1) is 0 Å². The van der Waals surface area contributed by atoms with Crippen molar-refractivity contribution in [3.8, 4) is 5.75 Å². The van der Waals surface area contributed by atoms with Crippen LogP contribution in [0, 0.1) is 0 Å². The summed E-state index contributed by atoms with van der Waals surface area (Å²) in [6.45, 7) is 0.662. The molecule has 3 amide bonds. The van der Waals surface area contributed by atoms with Gasteiger partial charge in [0.05, 0.1) is 50.3 Å². The minimum Gasteiger partial charge on any atom is -0.495 e. The molecule has 1 heterocycles. The summed E-state index contributed by atoms with van der Waals surface area (Å²) in [5.41, 5.74) is 2.71. The van der Waals surface area contributed by atoms with E-state index in [4.69, 9.17) is 14.2 Å². The topological polar surface area (TPSA) is 133 Å². The number of benzene rings is 3. The van der Waals surface area contributed by atoms with Gasteiger partial charge in [-0.25, -0.2) is 4.68 Å². The van der Waals surface area contributed by atoms with Crippen molar-refractivity contribution in [1.29, 1.82) is 0 Å². The molecule has 0 spiro atoms. The van der Waals surface area contributed by atoms with E-state index in [-0.39, 0.29) is 48.1 Å². The van der Waals surface area contributed by atoms with Crippen LogP contribution in [0.4, 0.5) is 5.69 Å². The monoisotopic (exact) mass is 693 g/mol. The van der Waals surface area contributed by atoms with Crippen molar-refractivity contribution in [3.63, 3.8) is 0 Å². The molecule has 0 unspecified atom stereocenters. The third-order valence-electron chi connectivity index (χ3n) is 9.58. The van der Waals surface area contributed by atoms with Gasteiger partial charge in [0.2, 0.25) is 5.91 Å². The second kappa shape index (κ2) is 17.8. The van der Waals surface area contributed by atoms with Crippen LogP contribution >= 0.6 is 0 Å². The number of aromatic nitrogens is 2. The van der Waals surface area contributed by atoms with Gasteiger partial charge in [-0.2, -0.15) is 5.10 Å². The minimum absolute atomic E-state index is 0.00103. The van der Waals surface area contributed by atoms with Crippen LogP contribution in [-0.4, -0.2) is 58.9 Å². The summed E-state index contributed by atoms with van der Waals surface area (Å²) in [4.78, 5) is 41.0. The Balaban J connectivity index is 1.17. The number of rotatable bonds is 14. The number of carbonyl (C=O) groups is 3. The summed E-state index contributed by atoms with van der Waals surface area (Å²) in [7, 11) is 1.52. The highest BCUT2D eigenvalue weighted by molar-refractivity contribution is 6.05. The summed E-state index contributed by atoms with van der Waals surface area (Å²) in [6, 6.07) is 28.0. The first kappa shape index (κ1) is 35.8. The number of amides is 3. The average molecular weight is 694 g/mol. The lowest BCUT2D eigenvalue weighted by molar-refractivity contribution is -0.124. The lowest BCUT2D eigenvalue weighted by atomic mass is 9.92. The predicted octanol–water partition coefficient (Wildman–Crippen LogP) is 6.05. The molecular formula is C40H47N5O6. The van der Waals surface area contributed by atoms with Crippen LogP contribution in [0.1, 0.15) is 83.5 Å². The molecule has 6 rings (SSSR count). The smallest absolute Gasteiger partial charge is 0.276 e. The SMILES string of the molecule is COc1ccccc1NC(=O)c1cc(C(=O)N[C@H]2CCCC[C@@H]2OCc2ccccc2)n(CC(=O)N[C@H]2CCCC[C@@H]2OCc2ccccc2)n1. The quantitative estimate of drug-likeness (QED) is 0.147. The van der Waals surface area contributed by atoms with Gasteiger partial charge in [0, 0.05) is 6.07 Å². The van der Waals surface area contributed by atoms with Crippen molar-refractivity contribution in [2.75, 3.05) is 12.4 Å². The van der Waals surface area contributed by atoms with E-state index in [0.717, 1.165) is 62.5 Å². The van der Waals surface area contributed by atoms with E-state index >= 15 is 0 Å². The molecule has 11 nitrogen and oxygen atoms in total. The second-order valence-corrected chi connectivity index (χ2v) is 13.2. The first-order valence-corrected chi connectivity index (χ1v) is 17.9. The molecule has 4 atom stereocenters. The lowest BCUT2D eigenvalue weighted by Gasteiger charge is -2.32. The van der Waals surface area contributed by atoms with Crippen LogP contribution in [0.25, 0.3) is 0 Å². The van der Waals surface area contributed by atoms with E-state index in [1.165, 1.54) is 17.9 Å². The molecule has 4 aromatic rings. The summed E-state index contributed by atoms with van der Waals surface area (Å²) in [6.07, 6.45) is 6.87. The highest BCUT2D eigenvalue weighted by Crippen LogP contribution is 2.26. The van der Waals surface area contributed by atoms with E-state index in [9.17, 15) is 14.4 Å². The Labute approximate surface area is 299 Å². The molecule has 1 aromatic heterocycles. The van der Waals surface area contributed by atoms with E-state index in [1.54, 1.807) is 24.3 Å². The lowest BCUT2D eigenvalue weighted by Crippen LogP contribution is -2.48. The van der Waals surface area contributed by atoms with E-state index in [2.05, 4.69) is 21.0 Å². The minimum atomic E-state index is -0.531. The van der Waals surface area contributed by atoms with E-state index in [0.29, 0.717) is 24.7 Å². The zero-order chi connectivity index (χ0) is 35.4. The van der Waals surface area contributed by atoms with Crippen LogP contribution in [0.3, 0.4) is 0 Å². The first-order chi connectivity index (χ1) is 25.0. The number of carbonyl (C=O) groups excluding carboxylic acids is 3. The van der Waals surface area contributed by atoms with Crippen LogP contribution < -0.4 is 20.7 Å². The highest BCUT2D eigenvalue weighted by Gasteiger charge is 2.31. The Hall–Kier alpha value is -5.00. The van der Waals surface area contributed by atoms with Crippen LogP contribution in [-0.2, 0) is 34.0 Å². The maximum Gasteiger partial charge on any atom is 0.276 e. The van der Waals surface area contributed by atoms with Crippen molar-refractivity contribution in [3.05, 3.63) is 114 Å². The number of anilines is 1. The number of hydrogen-bond donors (Lipinski definition) is 3. The largest absolute Gasteiger partial charge is 0.495 e. The molecule has 2 fully saturated rings. The Kier molecular flexibility index (Phi) is 12.5. The maximum atomic E-state index is 14.0. The summed E-state index contributed by atoms with van der Waals surface area (Å²) < 4.78 is 19.3. The molecule has 2 saturated carbocycles. The zero-order valence-electron chi connectivity index (χ0n) is 29.1. The molecule has 3 aromatic carbocycles. The molecule has 2 aliphatic rings. The number of methoxy groups -OCH3 is 1. The molecular weight excluding hydrogens is 646 g/mol.